The first-order chi connectivity index (χ1) is 8.59. The summed E-state index contributed by atoms with van der Waals surface area (Å²) < 4.78 is 0. The Balaban J connectivity index is 2.58. The number of Topliss-reactive ketones (excluding diaryl/α,β-unsaturated/α-hetero) is 1. The highest BCUT2D eigenvalue weighted by Crippen LogP contribution is 2.27. The number of ketones is 1. The van der Waals surface area contributed by atoms with E-state index in [1.807, 2.05) is 36.4 Å². The van der Waals surface area contributed by atoms with Gasteiger partial charge in [0.1, 0.15) is 0 Å². The summed E-state index contributed by atoms with van der Waals surface area (Å²) in [5, 5.41) is 0. The molecule has 1 nitrogen and oxygen atoms in total. The number of hydrogen-bond donors (Lipinski definition) is 0. The maximum atomic E-state index is 11.8. The van der Waals surface area contributed by atoms with Gasteiger partial charge in [0.2, 0.25) is 0 Å². The van der Waals surface area contributed by atoms with Crippen LogP contribution in [0.4, 0.5) is 0 Å². The fourth-order valence-corrected chi connectivity index (χ4v) is 2.08. The average molecular weight is 238 g/mol. The molecule has 0 unspecified atom stereocenters. The number of carbonyl (C=O) groups is 1. The molecule has 1 heteroatoms. The lowest BCUT2D eigenvalue weighted by molar-refractivity contribution is 0.101. The van der Waals surface area contributed by atoms with E-state index in [1.54, 1.807) is 6.92 Å². The molecule has 0 amide bonds. The summed E-state index contributed by atoms with van der Waals surface area (Å²) >= 11 is 0. The van der Waals surface area contributed by atoms with Gasteiger partial charge in [-0.05, 0) is 35.6 Å². The number of benzene rings is 2. The van der Waals surface area contributed by atoms with Gasteiger partial charge in [0.25, 0.3) is 0 Å². The van der Waals surface area contributed by atoms with Gasteiger partial charge >= 0.3 is 0 Å². The van der Waals surface area contributed by atoms with Crippen LogP contribution in [0.5, 0.6) is 0 Å². The van der Waals surface area contributed by atoms with Crippen LogP contribution in [0.3, 0.4) is 0 Å². The molecule has 0 aliphatic heterocycles. The highest BCUT2D eigenvalue weighted by Gasteiger charge is 2.11. The summed E-state index contributed by atoms with van der Waals surface area (Å²) in [4.78, 5) is 11.8. The van der Waals surface area contributed by atoms with E-state index >= 15 is 0 Å². The first-order valence-electron chi connectivity index (χ1n) is 6.30. The molecule has 0 aliphatic rings. The molecule has 0 heterocycles. The minimum atomic E-state index is 0.122. The maximum Gasteiger partial charge on any atom is 0.160 e. The molecule has 2 rings (SSSR count). The minimum Gasteiger partial charge on any atom is -0.294 e. The molecule has 92 valence electrons. The Morgan fingerprint density at radius 2 is 1.67 bits per heavy atom. The molecule has 0 bridgehead atoms. The smallest absolute Gasteiger partial charge is 0.160 e. The third kappa shape index (κ3) is 2.51. The molecule has 0 saturated carbocycles. The second-order valence-electron chi connectivity index (χ2n) is 4.88. The van der Waals surface area contributed by atoms with Gasteiger partial charge < -0.3 is 0 Å². The topological polar surface area (TPSA) is 17.1 Å². The zero-order valence-corrected chi connectivity index (χ0v) is 11.1. The van der Waals surface area contributed by atoms with Crippen LogP contribution >= 0.6 is 0 Å². The van der Waals surface area contributed by atoms with Gasteiger partial charge in [0, 0.05) is 5.56 Å². The van der Waals surface area contributed by atoms with Crippen LogP contribution in [-0.4, -0.2) is 5.78 Å². The van der Waals surface area contributed by atoms with Crippen molar-refractivity contribution < 1.29 is 4.79 Å². The monoisotopic (exact) mass is 238 g/mol. The van der Waals surface area contributed by atoms with Crippen molar-refractivity contribution in [2.24, 2.45) is 0 Å². The Morgan fingerprint density at radius 3 is 2.22 bits per heavy atom. The molecule has 0 radical (unpaired) electrons. The van der Waals surface area contributed by atoms with Gasteiger partial charge in [-0.2, -0.15) is 0 Å². The predicted molar refractivity (Wildman–Crippen MR) is 76.0 cm³/mol. The molecular formula is C17H18O. The van der Waals surface area contributed by atoms with Gasteiger partial charge in [-0.1, -0.05) is 56.3 Å². The Kier molecular flexibility index (Phi) is 3.61. The van der Waals surface area contributed by atoms with E-state index in [9.17, 15) is 4.79 Å². The maximum absolute atomic E-state index is 11.8. The second-order valence-corrected chi connectivity index (χ2v) is 4.88. The molecule has 0 spiro atoms. The second kappa shape index (κ2) is 5.18. The van der Waals surface area contributed by atoms with E-state index in [1.165, 1.54) is 5.56 Å². The van der Waals surface area contributed by atoms with Crippen LogP contribution in [0.15, 0.2) is 48.5 Å². The van der Waals surface area contributed by atoms with Crippen molar-refractivity contribution in [3.05, 3.63) is 59.7 Å². The quantitative estimate of drug-likeness (QED) is 0.709. The summed E-state index contributed by atoms with van der Waals surface area (Å²) in [6.45, 7) is 5.91. The number of carbonyl (C=O) groups excluding carboxylic acids is 1. The normalized spacial score (nSPS) is 10.7. The molecular weight excluding hydrogens is 220 g/mol. The fraction of sp³-hybridized carbons (Fsp3) is 0.235. The lowest BCUT2D eigenvalue weighted by Crippen LogP contribution is -1.99. The summed E-state index contributed by atoms with van der Waals surface area (Å²) in [6, 6.07) is 16.2. The Bertz CT molecular complexity index is 553. The first kappa shape index (κ1) is 12.6. The fourth-order valence-electron chi connectivity index (χ4n) is 2.08. The SMILES string of the molecule is CC(=O)c1cc(C(C)C)ccc1-c1ccccc1. The van der Waals surface area contributed by atoms with Crippen LogP contribution in [-0.2, 0) is 0 Å². The van der Waals surface area contributed by atoms with Crippen LogP contribution in [0, 0.1) is 0 Å². The molecule has 0 saturated heterocycles. The third-order valence-electron chi connectivity index (χ3n) is 3.17. The van der Waals surface area contributed by atoms with Crippen molar-refractivity contribution in [3.63, 3.8) is 0 Å². The lowest BCUT2D eigenvalue weighted by atomic mass is 9.92. The molecule has 2 aromatic rings. The first-order valence-corrected chi connectivity index (χ1v) is 6.30. The molecule has 0 atom stereocenters. The zero-order chi connectivity index (χ0) is 13.1. The molecule has 0 N–H and O–H groups in total. The van der Waals surface area contributed by atoms with E-state index in [-0.39, 0.29) is 5.78 Å². The van der Waals surface area contributed by atoms with Gasteiger partial charge in [0.05, 0.1) is 0 Å². The Labute approximate surface area is 108 Å². The predicted octanol–water partition coefficient (Wildman–Crippen LogP) is 4.68. The Hall–Kier alpha value is -1.89. The lowest BCUT2D eigenvalue weighted by Gasteiger charge is -2.12. The summed E-state index contributed by atoms with van der Waals surface area (Å²) in [5.41, 5.74) is 4.14. The summed E-state index contributed by atoms with van der Waals surface area (Å²) in [5.74, 6) is 0.560. The van der Waals surface area contributed by atoms with Crippen molar-refractivity contribution in [2.75, 3.05) is 0 Å². The Morgan fingerprint density at radius 1 is 1.00 bits per heavy atom. The van der Waals surface area contributed by atoms with E-state index in [0.29, 0.717) is 5.92 Å². The molecule has 0 aliphatic carbocycles. The number of rotatable bonds is 3. The van der Waals surface area contributed by atoms with E-state index in [4.69, 9.17) is 0 Å². The molecule has 18 heavy (non-hydrogen) atoms. The van der Waals surface area contributed by atoms with Crippen LogP contribution in [0.2, 0.25) is 0 Å². The molecule has 0 aromatic heterocycles. The average Bonchev–Trinajstić information content (AvgIpc) is 2.39. The van der Waals surface area contributed by atoms with Crippen LogP contribution in [0.25, 0.3) is 11.1 Å². The molecule has 2 aromatic carbocycles. The van der Waals surface area contributed by atoms with Crippen molar-refractivity contribution >= 4 is 5.78 Å². The standard InChI is InChI=1S/C17H18O/c1-12(2)15-9-10-16(17(11-15)13(3)18)14-7-5-4-6-8-14/h4-12H,1-3H3. The third-order valence-corrected chi connectivity index (χ3v) is 3.17. The highest BCUT2D eigenvalue weighted by molar-refractivity contribution is 6.01. The van der Waals surface area contributed by atoms with Crippen LogP contribution < -0.4 is 0 Å². The van der Waals surface area contributed by atoms with Gasteiger partial charge in [-0.25, -0.2) is 0 Å². The van der Waals surface area contributed by atoms with Crippen molar-refractivity contribution in [2.45, 2.75) is 26.7 Å². The van der Waals surface area contributed by atoms with E-state index in [2.05, 4.69) is 26.0 Å². The van der Waals surface area contributed by atoms with Crippen LogP contribution in [0.1, 0.15) is 42.6 Å². The number of hydrogen-bond acceptors (Lipinski definition) is 1. The minimum absolute atomic E-state index is 0.122. The van der Waals surface area contributed by atoms with Crippen molar-refractivity contribution in [1.29, 1.82) is 0 Å². The molecule has 0 fully saturated rings. The summed E-state index contributed by atoms with van der Waals surface area (Å²) in [6.07, 6.45) is 0. The van der Waals surface area contributed by atoms with E-state index in [0.717, 1.165) is 16.7 Å². The van der Waals surface area contributed by atoms with Gasteiger partial charge in [0.15, 0.2) is 5.78 Å². The van der Waals surface area contributed by atoms with Crippen molar-refractivity contribution in [1.82, 2.24) is 0 Å². The zero-order valence-electron chi connectivity index (χ0n) is 11.1. The highest BCUT2D eigenvalue weighted by atomic mass is 16.1. The van der Waals surface area contributed by atoms with Gasteiger partial charge in [-0.15, -0.1) is 0 Å². The van der Waals surface area contributed by atoms with Gasteiger partial charge in [-0.3, -0.25) is 4.79 Å². The summed E-state index contributed by atoms with van der Waals surface area (Å²) in [7, 11) is 0. The van der Waals surface area contributed by atoms with Crippen molar-refractivity contribution in [3.8, 4) is 11.1 Å². The largest absolute Gasteiger partial charge is 0.294 e. The van der Waals surface area contributed by atoms with E-state index < -0.39 is 0 Å².